The molecule has 0 aromatic heterocycles. The van der Waals surface area contributed by atoms with E-state index < -0.39 is 6.10 Å². The van der Waals surface area contributed by atoms with Crippen molar-refractivity contribution in [3.8, 4) is 5.75 Å². The maximum Gasteiger partial charge on any atom is 0.265 e. The van der Waals surface area contributed by atoms with Gasteiger partial charge >= 0.3 is 0 Å². The van der Waals surface area contributed by atoms with E-state index in [1.807, 2.05) is 38.1 Å². The van der Waals surface area contributed by atoms with E-state index in [1.54, 1.807) is 31.2 Å². The van der Waals surface area contributed by atoms with Gasteiger partial charge in [0, 0.05) is 17.8 Å². The quantitative estimate of drug-likeness (QED) is 0.796. The molecule has 0 aliphatic heterocycles. The zero-order chi connectivity index (χ0) is 18.2. The Morgan fingerprint density at radius 3 is 2.32 bits per heavy atom. The number of carbonyl (C=O) groups is 2. The van der Waals surface area contributed by atoms with E-state index in [1.165, 1.54) is 0 Å². The second-order valence-corrected chi connectivity index (χ2v) is 5.75. The molecule has 2 rings (SSSR count). The number of rotatable bonds is 7. The highest BCUT2D eigenvalue weighted by Gasteiger charge is 2.19. The minimum absolute atomic E-state index is 0.0715. The molecule has 132 valence electrons. The molecule has 1 atom stereocenters. The maximum absolute atomic E-state index is 12.5. The minimum atomic E-state index is -0.588. The Hall–Kier alpha value is -2.82. The van der Waals surface area contributed by atoms with Crippen LogP contribution in [0.4, 0.5) is 11.4 Å². The van der Waals surface area contributed by atoms with Crippen LogP contribution in [-0.4, -0.2) is 17.9 Å². The maximum atomic E-state index is 12.5. The number of para-hydroxylation sites is 1. The number of ether oxygens (including phenoxy) is 1. The average Bonchev–Trinajstić information content (AvgIpc) is 2.61. The van der Waals surface area contributed by atoms with E-state index >= 15 is 0 Å². The normalized spacial score (nSPS) is 11.5. The number of benzene rings is 2. The van der Waals surface area contributed by atoms with Crippen LogP contribution in [0.5, 0.6) is 5.75 Å². The summed E-state index contributed by atoms with van der Waals surface area (Å²) >= 11 is 0. The van der Waals surface area contributed by atoms with Crippen molar-refractivity contribution in [2.24, 2.45) is 0 Å². The Labute approximate surface area is 148 Å². The van der Waals surface area contributed by atoms with Gasteiger partial charge in [-0.25, -0.2) is 0 Å². The molecule has 2 N–H and O–H groups in total. The standard InChI is InChI=1S/C20H24N2O3/c1-4-17(25-18-12-7-6-9-14(18)3)20(24)22-16-11-8-10-15(13-16)21-19(23)5-2/h6-13,17H,4-5H2,1-3H3,(H,21,23)(H,22,24)/t17-/m1/s1. The van der Waals surface area contributed by atoms with Gasteiger partial charge in [-0.15, -0.1) is 0 Å². The van der Waals surface area contributed by atoms with Crippen LogP contribution in [0.1, 0.15) is 32.3 Å². The van der Waals surface area contributed by atoms with Gasteiger partial charge in [0.25, 0.3) is 5.91 Å². The fourth-order valence-electron chi connectivity index (χ4n) is 2.31. The van der Waals surface area contributed by atoms with Gasteiger partial charge in [-0.05, 0) is 43.2 Å². The fraction of sp³-hybridized carbons (Fsp3) is 0.300. The summed E-state index contributed by atoms with van der Waals surface area (Å²) in [5.41, 5.74) is 2.25. The number of nitrogens with one attached hydrogen (secondary N) is 2. The summed E-state index contributed by atoms with van der Waals surface area (Å²) in [6.07, 6.45) is 0.362. The zero-order valence-electron chi connectivity index (χ0n) is 14.8. The molecule has 0 heterocycles. The van der Waals surface area contributed by atoms with E-state index in [4.69, 9.17) is 4.74 Å². The summed E-state index contributed by atoms with van der Waals surface area (Å²) in [5, 5.41) is 5.62. The summed E-state index contributed by atoms with van der Waals surface area (Å²) < 4.78 is 5.86. The van der Waals surface area contributed by atoms with Gasteiger partial charge in [0.15, 0.2) is 6.10 Å². The van der Waals surface area contributed by atoms with Gasteiger partial charge in [-0.3, -0.25) is 9.59 Å². The average molecular weight is 340 g/mol. The van der Waals surface area contributed by atoms with Crippen molar-refractivity contribution in [2.45, 2.75) is 39.7 Å². The first kappa shape index (κ1) is 18.5. The van der Waals surface area contributed by atoms with Crippen LogP contribution in [0, 0.1) is 6.92 Å². The second kappa shape index (κ2) is 8.87. The molecule has 0 bridgehead atoms. The summed E-state index contributed by atoms with van der Waals surface area (Å²) in [5.74, 6) is 0.413. The molecule has 0 saturated heterocycles. The first-order valence-electron chi connectivity index (χ1n) is 8.46. The molecule has 5 heteroatoms. The van der Waals surface area contributed by atoms with Crippen molar-refractivity contribution in [1.29, 1.82) is 0 Å². The van der Waals surface area contributed by atoms with Crippen molar-refractivity contribution in [3.63, 3.8) is 0 Å². The number of carbonyl (C=O) groups excluding carboxylic acids is 2. The summed E-state index contributed by atoms with van der Waals surface area (Å²) in [4.78, 5) is 24.0. The largest absolute Gasteiger partial charge is 0.480 e. The van der Waals surface area contributed by atoms with Crippen LogP contribution in [0.15, 0.2) is 48.5 Å². The zero-order valence-corrected chi connectivity index (χ0v) is 14.8. The Morgan fingerprint density at radius 1 is 1.00 bits per heavy atom. The molecule has 0 aliphatic rings. The Bertz CT molecular complexity index is 743. The van der Waals surface area contributed by atoms with Crippen molar-refractivity contribution in [3.05, 3.63) is 54.1 Å². The van der Waals surface area contributed by atoms with Crippen LogP contribution >= 0.6 is 0 Å². The van der Waals surface area contributed by atoms with Gasteiger partial charge in [0.1, 0.15) is 5.75 Å². The predicted molar refractivity (Wildman–Crippen MR) is 99.9 cm³/mol. The predicted octanol–water partition coefficient (Wildman–Crippen LogP) is 4.14. The first-order valence-corrected chi connectivity index (χ1v) is 8.46. The molecule has 2 aromatic carbocycles. The smallest absolute Gasteiger partial charge is 0.265 e. The highest BCUT2D eigenvalue weighted by molar-refractivity contribution is 5.96. The van der Waals surface area contributed by atoms with Crippen LogP contribution in [0.3, 0.4) is 0 Å². The molecule has 5 nitrogen and oxygen atoms in total. The highest BCUT2D eigenvalue weighted by atomic mass is 16.5. The molecular weight excluding hydrogens is 316 g/mol. The van der Waals surface area contributed by atoms with Gasteiger partial charge in [0.2, 0.25) is 5.91 Å². The van der Waals surface area contributed by atoms with E-state index in [0.29, 0.717) is 30.0 Å². The molecule has 0 radical (unpaired) electrons. The summed E-state index contributed by atoms with van der Waals surface area (Å²) in [6, 6.07) is 14.7. The molecule has 25 heavy (non-hydrogen) atoms. The lowest BCUT2D eigenvalue weighted by Gasteiger charge is -2.18. The van der Waals surface area contributed by atoms with Crippen molar-refractivity contribution < 1.29 is 14.3 Å². The second-order valence-electron chi connectivity index (χ2n) is 5.75. The molecule has 0 spiro atoms. The molecule has 2 amide bonds. The third-order valence-corrected chi connectivity index (χ3v) is 3.76. The van der Waals surface area contributed by atoms with Crippen LogP contribution in [0.2, 0.25) is 0 Å². The molecule has 0 aliphatic carbocycles. The van der Waals surface area contributed by atoms with Crippen molar-refractivity contribution in [1.82, 2.24) is 0 Å². The lowest BCUT2D eigenvalue weighted by Crippen LogP contribution is -2.32. The number of aryl methyl sites for hydroxylation is 1. The first-order chi connectivity index (χ1) is 12.0. The molecule has 0 unspecified atom stereocenters. The number of hydrogen-bond donors (Lipinski definition) is 2. The van der Waals surface area contributed by atoms with Crippen molar-refractivity contribution in [2.75, 3.05) is 10.6 Å². The number of amides is 2. The van der Waals surface area contributed by atoms with E-state index in [0.717, 1.165) is 5.56 Å². The lowest BCUT2D eigenvalue weighted by atomic mass is 10.2. The third-order valence-electron chi connectivity index (χ3n) is 3.76. The molecule has 0 saturated carbocycles. The molecular formula is C20H24N2O3. The third kappa shape index (κ3) is 5.35. The Balaban J connectivity index is 2.05. The van der Waals surface area contributed by atoms with Gasteiger partial charge < -0.3 is 15.4 Å². The van der Waals surface area contributed by atoms with Gasteiger partial charge in [-0.1, -0.05) is 38.1 Å². The number of anilines is 2. The SMILES string of the molecule is CCC(=O)Nc1cccc(NC(=O)[C@@H](CC)Oc2ccccc2C)c1. The highest BCUT2D eigenvalue weighted by Crippen LogP contribution is 2.20. The topological polar surface area (TPSA) is 67.4 Å². The van der Waals surface area contributed by atoms with Crippen LogP contribution in [0.25, 0.3) is 0 Å². The molecule has 0 fully saturated rings. The fourth-order valence-corrected chi connectivity index (χ4v) is 2.31. The molecule has 2 aromatic rings. The van der Waals surface area contributed by atoms with Crippen LogP contribution in [-0.2, 0) is 9.59 Å². The number of hydrogen-bond acceptors (Lipinski definition) is 3. The lowest BCUT2D eigenvalue weighted by molar-refractivity contribution is -0.122. The van der Waals surface area contributed by atoms with E-state index in [2.05, 4.69) is 10.6 Å². The summed E-state index contributed by atoms with van der Waals surface area (Å²) in [7, 11) is 0. The monoisotopic (exact) mass is 340 g/mol. The summed E-state index contributed by atoms with van der Waals surface area (Å²) in [6.45, 7) is 5.63. The van der Waals surface area contributed by atoms with E-state index in [9.17, 15) is 9.59 Å². The van der Waals surface area contributed by atoms with Crippen LogP contribution < -0.4 is 15.4 Å². The van der Waals surface area contributed by atoms with Gasteiger partial charge in [-0.2, -0.15) is 0 Å². The Morgan fingerprint density at radius 2 is 1.68 bits per heavy atom. The van der Waals surface area contributed by atoms with E-state index in [-0.39, 0.29) is 11.8 Å². The minimum Gasteiger partial charge on any atom is -0.480 e. The van der Waals surface area contributed by atoms with Crippen molar-refractivity contribution >= 4 is 23.2 Å². The Kier molecular flexibility index (Phi) is 6.57. The van der Waals surface area contributed by atoms with Gasteiger partial charge in [0.05, 0.1) is 0 Å².